The number of nitrogens with two attached hydrogens (primary N) is 1. The standard InChI is InChI=1S/C24H26N6O/c1-29(2)18-8-5-15(6-9-18)11-22-20-13-17(14-26-23(20)28-27-22)16-7-10-21(25)19(12-16)24(31)30(3)4/h5-10,12-14H,11,25H2,1-4H3,(H,26,27,28). The average Bonchev–Trinajstić information content (AvgIpc) is 3.16. The number of fused-ring (bicyclic) bond motifs is 1. The molecule has 3 N–H and O–H groups in total. The molecule has 0 saturated heterocycles. The van der Waals surface area contributed by atoms with Gasteiger partial charge in [0.25, 0.3) is 5.91 Å². The quantitative estimate of drug-likeness (QED) is 0.487. The van der Waals surface area contributed by atoms with Crippen LogP contribution in [0.3, 0.4) is 0 Å². The van der Waals surface area contributed by atoms with Gasteiger partial charge in [0.2, 0.25) is 0 Å². The molecule has 0 radical (unpaired) electrons. The highest BCUT2D eigenvalue weighted by molar-refractivity contribution is 6.00. The molecular formula is C24H26N6O. The first kappa shape index (κ1) is 20.4. The van der Waals surface area contributed by atoms with Crippen LogP contribution in [0.15, 0.2) is 54.7 Å². The van der Waals surface area contributed by atoms with E-state index >= 15 is 0 Å². The van der Waals surface area contributed by atoms with Gasteiger partial charge in [-0.1, -0.05) is 18.2 Å². The smallest absolute Gasteiger partial charge is 0.255 e. The number of H-pyrrole nitrogens is 1. The van der Waals surface area contributed by atoms with Crippen LogP contribution in [0.2, 0.25) is 0 Å². The number of anilines is 2. The van der Waals surface area contributed by atoms with Crippen LogP contribution in [0.4, 0.5) is 11.4 Å². The second-order valence-corrected chi connectivity index (χ2v) is 8.03. The number of carbonyl (C=O) groups is 1. The number of nitrogen functional groups attached to an aromatic ring is 1. The third-order valence-electron chi connectivity index (χ3n) is 5.34. The Kier molecular flexibility index (Phi) is 5.33. The summed E-state index contributed by atoms with van der Waals surface area (Å²) in [7, 11) is 7.48. The minimum Gasteiger partial charge on any atom is -0.398 e. The maximum atomic E-state index is 12.5. The number of carbonyl (C=O) groups excluding carboxylic acids is 1. The molecule has 0 atom stereocenters. The fourth-order valence-corrected chi connectivity index (χ4v) is 3.51. The number of nitrogens with one attached hydrogen (secondary N) is 1. The number of nitrogens with zero attached hydrogens (tertiary/aromatic N) is 4. The molecule has 158 valence electrons. The Morgan fingerprint density at radius 3 is 2.42 bits per heavy atom. The number of hydrogen-bond donors (Lipinski definition) is 2. The van der Waals surface area contributed by atoms with Gasteiger partial charge >= 0.3 is 0 Å². The molecule has 31 heavy (non-hydrogen) atoms. The van der Waals surface area contributed by atoms with Crippen LogP contribution in [-0.2, 0) is 6.42 Å². The zero-order valence-corrected chi connectivity index (χ0v) is 18.2. The van der Waals surface area contributed by atoms with Crippen molar-refractivity contribution in [2.24, 2.45) is 0 Å². The zero-order valence-electron chi connectivity index (χ0n) is 18.2. The van der Waals surface area contributed by atoms with Crippen LogP contribution in [0.25, 0.3) is 22.2 Å². The van der Waals surface area contributed by atoms with Gasteiger partial charge in [-0.15, -0.1) is 0 Å². The molecule has 2 heterocycles. The molecular weight excluding hydrogens is 388 g/mol. The lowest BCUT2D eigenvalue weighted by atomic mass is 10.0. The fraction of sp³-hybridized carbons (Fsp3) is 0.208. The number of amides is 1. The van der Waals surface area contributed by atoms with Gasteiger partial charge in [-0.25, -0.2) is 4.98 Å². The van der Waals surface area contributed by atoms with Crippen molar-refractivity contribution in [2.45, 2.75) is 6.42 Å². The average molecular weight is 415 g/mol. The Labute approximate surface area is 181 Å². The summed E-state index contributed by atoms with van der Waals surface area (Å²) in [5.41, 5.74) is 12.8. The molecule has 0 spiro atoms. The van der Waals surface area contributed by atoms with Gasteiger partial charge in [0, 0.05) is 63.1 Å². The summed E-state index contributed by atoms with van der Waals surface area (Å²) in [6, 6.07) is 16.0. The predicted molar refractivity (Wildman–Crippen MR) is 125 cm³/mol. The van der Waals surface area contributed by atoms with Crippen molar-refractivity contribution in [3.05, 3.63) is 71.5 Å². The normalized spacial score (nSPS) is 11.0. The highest BCUT2D eigenvalue weighted by Gasteiger charge is 2.15. The molecule has 7 nitrogen and oxygen atoms in total. The van der Waals surface area contributed by atoms with Crippen molar-refractivity contribution in [1.29, 1.82) is 0 Å². The van der Waals surface area contributed by atoms with Crippen molar-refractivity contribution in [1.82, 2.24) is 20.1 Å². The zero-order chi connectivity index (χ0) is 22.1. The molecule has 4 rings (SSSR count). The van der Waals surface area contributed by atoms with E-state index in [1.807, 2.05) is 26.2 Å². The summed E-state index contributed by atoms with van der Waals surface area (Å²) < 4.78 is 0. The maximum Gasteiger partial charge on any atom is 0.255 e. The van der Waals surface area contributed by atoms with Crippen molar-refractivity contribution in [3.8, 4) is 11.1 Å². The van der Waals surface area contributed by atoms with E-state index in [9.17, 15) is 4.79 Å². The number of aromatic nitrogens is 3. The van der Waals surface area contributed by atoms with Crippen LogP contribution >= 0.6 is 0 Å². The summed E-state index contributed by atoms with van der Waals surface area (Å²) in [6.07, 6.45) is 2.48. The monoisotopic (exact) mass is 414 g/mol. The van der Waals surface area contributed by atoms with Gasteiger partial charge in [0.15, 0.2) is 5.65 Å². The molecule has 4 aromatic rings. The Bertz CT molecular complexity index is 1240. The van der Waals surface area contributed by atoms with E-state index in [2.05, 4.69) is 50.4 Å². The van der Waals surface area contributed by atoms with Gasteiger partial charge in [0.1, 0.15) is 0 Å². The molecule has 0 saturated carbocycles. The highest BCUT2D eigenvalue weighted by atomic mass is 16.2. The number of hydrogen-bond acceptors (Lipinski definition) is 5. The van der Waals surface area contributed by atoms with Crippen molar-refractivity contribution in [2.75, 3.05) is 38.8 Å². The predicted octanol–water partition coefficient (Wildman–Crippen LogP) is 3.57. The van der Waals surface area contributed by atoms with Gasteiger partial charge in [0.05, 0.1) is 11.3 Å². The first-order valence-electron chi connectivity index (χ1n) is 10.0. The van der Waals surface area contributed by atoms with E-state index in [4.69, 9.17) is 5.73 Å². The van der Waals surface area contributed by atoms with Crippen LogP contribution in [0.5, 0.6) is 0 Å². The number of aromatic amines is 1. The highest BCUT2D eigenvalue weighted by Crippen LogP contribution is 2.28. The summed E-state index contributed by atoms with van der Waals surface area (Å²) >= 11 is 0. The first-order valence-corrected chi connectivity index (χ1v) is 10.0. The number of pyridine rings is 1. The second-order valence-electron chi connectivity index (χ2n) is 8.03. The first-order chi connectivity index (χ1) is 14.8. The molecule has 2 aromatic heterocycles. The van der Waals surface area contributed by atoms with Gasteiger partial charge < -0.3 is 15.5 Å². The SMILES string of the molecule is CN(C)C(=O)c1cc(-c2cnc3[nH]nc(Cc4ccc(N(C)C)cc4)c3c2)ccc1N. The van der Waals surface area contributed by atoms with Gasteiger partial charge in [-0.3, -0.25) is 9.89 Å². The molecule has 2 aromatic carbocycles. The molecule has 0 unspecified atom stereocenters. The molecule has 0 aliphatic rings. The maximum absolute atomic E-state index is 12.5. The van der Waals surface area contributed by atoms with E-state index in [1.165, 1.54) is 10.5 Å². The lowest BCUT2D eigenvalue weighted by Crippen LogP contribution is -2.22. The summed E-state index contributed by atoms with van der Waals surface area (Å²) in [6.45, 7) is 0. The number of benzene rings is 2. The van der Waals surface area contributed by atoms with E-state index < -0.39 is 0 Å². The molecule has 1 amide bonds. The topological polar surface area (TPSA) is 91.1 Å². The third kappa shape index (κ3) is 4.07. The molecule has 0 aliphatic carbocycles. The summed E-state index contributed by atoms with van der Waals surface area (Å²) in [4.78, 5) is 20.6. The largest absolute Gasteiger partial charge is 0.398 e. The van der Waals surface area contributed by atoms with E-state index in [1.54, 1.807) is 26.4 Å². The minimum absolute atomic E-state index is 0.126. The van der Waals surface area contributed by atoms with Crippen LogP contribution in [0.1, 0.15) is 21.6 Å². The molecule has 0 bridgehead atoms. The third-order valence-corrected chi connectivity index (χ3v) is 5.34. The van der Waals surface area contributed by atoms with Crippen molar-refractivity contribution in [3.63, 3.8) is 0 Å². The van der Waals surface area contributed by atoms with Crippen molar-refractivity contribution < 1.29 is 4.79 Å². The lowest BCUT2D eigenvalue weighted by Gasteiger charge is -2.13. The molecule has 0 fully saturated rings. The van der Waals surface area contributed by atoms with Crippen LogP contribution < -0.4 is 10.6 Å². The van der Waals surface area contributed by atoms with Crippen molar-refractivity contribution >= 4 is 28.3 Å². The van der Waals surface area contributed by atoms with Crippen LogP contribution in [0, 0.1) is 0 Å². The Morgan fingerprint density at radius 1 is 1.00 bits per heavy atom. The Morgan fingerprint density at radius 2 is 1.74 bits per heavy atom. The molecule has 0 aliphatic heterocycles. The Balaban J connectivity index is 1.69. The summed E-state index contributed by atoms with van der Waals surface area (Å²) in [5.74, 6) is -0.126. The fourth-order valence-electron chi connectivity index (χ4n) is 3.51. The Hall–Kier alpha value is -3.87. The van der Waals surface area contributed by atoms with E-state index in [0.29, 0.717) is 17.7 Å². The minimum atomic E-state index is -0.126. The lowest BCUT2D eigenvalue weighted by molar-refractivity contribution is 0.0828. The summed E-state index contributed by atoms with van der Waals surface area (Å²) in [5, 5.41) is 8.47. The molecule has 7 heteroatoms. The van der Waals surface area contributed by atoms with Gasteiger partial charge in [-0.05, 0) is 41.5 Å². The van der Waals surface area contributed by atoms with E-state index in [0.717, 1.165) is 33.5 Å². The van der Waals surface area contributed by atoms with E-state index in [-0.39, 0.29) is 5.91 Å². The second kappa shape index (κ2) is 8.10. The van der Waals surface area contributed by atoms with Crippen LogP contribution in [-0.4, -0.2) is 54.2 Å². The van der Waals surface area contributed by atoms with Gasteiger partial charge in [-0.2, -0.15) is 5.10 Å². The number of rotatable bonds is 5.